The van der Waals surface area contributed by atoms with Gasteiger partial charge in [0.05, 0.1) is 12.9 Å². The molecule has 0 saturated carbocycles. The van der Waals surface area contributed by atoms with Crippen LogP contribution >= 0.6 is 11.8 Å². The van der Waals surface area contributed by atoms with E-state index in [1.807, 2.05) is 57.4 Å². The summed E-state index contributed by atoms with van der Waals surface area (Å²) in [5.41, 5.74) is 86.8. The number of carbonyl (C=O) groups excluding carboxylic acids is 8. The third kappa shape index (κ3) is 70.7. The first-order valence-electron chi connectivity index (χ1n) is 40.3. The highest BCUT2D eigenvalue weighted by molar-refractivity contribution is 7.98. The molecule has 51 heteroatoms. The third-order valence-electron chi connectivity index (χ3n) is 16.7. The van der Waals surface area contributed by atoms with Crippen LogP contribution in [0.5, 0.6) is 5.75 Å². The summed E-state index contributed by atoms with van der Waals surface area (Å²) in [6.45, 7) is 14.8. The number of hydrogen-bond acceptors (Lipinski definition) is 40. The number of nitrogens with one attached hydrogen (secondary N) is 2. The Morgan fingerprint density at radius 3 is 1.33 bits per heavy atom. The first-order valence-corrected chi connectivity index (χ1v) is 41.7. The van der Waals surface area contributed by atoms with Crippen LogP contribution in [-0.2, 0) is 120 Å². The number of nitrogens with two attached hydrogens (primary N) is 16. The van der Waals surface area contributed by atoms with Crippen LogP contribution in [-0.4, -0.2) is 286 Å². The van der Waals surface area contributed by atoms with E-state index < -0.39 is 186 Å². The average molecular weight is 1880 g/mol. The quantitative estimate of drug-likeness (QED) is 0.00831. The van der Waals surface area contributed by atoms with Gasteiger partial charge in [-0.05, 0) is 144 Å². The highest BCUT2D eigenvalue weighted by Gasteiger charge is 2.31. The number of hydrogen-bond donors (Lipinski definition) is 27. The van der Waals surface area contributed by atoms with Crippen molar-refractivity contribution >= 4 is 113 Å². The van der Waals surface area contributed by atoms with Gasteiger partial charge in [-0.25, -0.2) is 24.2 Å². The minimum Gasteiger partial charge on any atom is -0.481 e. The van der Waals surface area contributed by atoms with Crippen LogP contribution in [0, 0.1) is 17.8 Å². The first-order chi connectivity index (χ1) is 60.3. The minimum atomic E-state index is -1.21. The number of carboxylic acids is 9. The van der Waals surface area contributed by atoms with Crippen LogP contribution in [0.4, 0.5) is 0 Å². The Morgan fingerprint density at radius 2 is 0.954 bits per heavy atom. The molecule has 50 nitrogen and oxygen atoms in total. The number of nitrogens with zero attached hydrogens (tertiary/aromatic N) is 1. The van der Waals surface area contributed by atoms with Gasteiger partial charge in [0.1, 0.15) is 103 Å². The van der Waals surface area contributed by atoms with Crippen LogP contribution in [0.15, 0.2) is 67.1 Å². The molecule has 0 bridgehead atoms. The Bertz CT molecular complexity index is 3770. The van der Waals surface area contributed by atoms with Crippen LogP contribution in [0.1, 0.15) is 149 Å². The first kappa shape index (κ1) is 130. The van der Waals surface area contributed by atoms with Gasteiger partial charge in [-0.2, -0.15) is 11.8 Å². The average Bonchev–Trinajstić information content (AvgIpc) is 1.86. The molecule has 1 aliphatic heterocycles. The number of primary amides is 1. The smallest absolute Gasteiger partial charge is 0.330 e. The zero-order valence-electron chi connectivity index (χ0n) is 74.5. The summed E-state index contributed by atoms with van der Waals surface area (Å²) in [5.74, 6) is -13.5. The summed E-state index contributed by atoms with van der Waals surface area (Å²) in [4.78, 5) is 188. The molecular weight excluding hydrogens is 1740 g/mol. The van der Waals surface area contributed by atoms with E-state index in [9.17, 15) is 81.5 Å². The number of aromatic nitrogens is 2. The molecule has 0 aliphatic carbocycles. The Balaban J connectivity index is -0.000000336. The van der Waals surface area contributed by atoms with E-state index in [1.165, 1.54) is 20.2 Å². The van der Waals surface area contributed by atoms with E-state index in [-0.39, 0.29) is 75.5 Å². The van der Waals surface area contributed by atoms with E-state index in [0.29, 0.717) is 44.4 Å². The van der Waals surface area contributed by atoms with E-state index in [2.05, 4.69) is 24.8 Å². The number of imidazole rings is 1. The maximum atomic E-state index is 11.9. The summed E-state index contributed by atoms with van der Waals surface area (Å²) in [7, 11) is 0. The molecule has 1 fully saturated rings. The molecule has 0 spiro atoms. The molecule has 1 amide bonds. The van der Waals surface area contributed by atoms with E-state index in [0.717, 1.165) is 54.8 Å². The van der Waals surface area contributed by atoms with Crippen molar-refractivity contribution in [2.45, 2.75) is 242 Å². The number of rotatable bonds is 44. The van der Waals surface area contributed by atoms with Gasteiger partial charge in [0.25, 0.3) is 0 Å². The Kier molecular flexibility index (Phi) is 75.3. The number of amides is 1. The highest BCUT2D eigenvalue weighted by atomic mass is 32.2. The highest BCUT2D eigenvalue weighted by Crippen LogP contribution is 2.16. The SMILES string of the molecule is CC(C)C[C@H](N)C(=O)OC[C@H](N)C(=O)O.CC(C)[C@H](N)C(=O)OC(=O)[C@@H](N)Cc1ccccc1.CC[C@H](C)[C@H](N)C(=O)OC(=O)[C@@H](N)Cc1ccc(OC(=O)CN)cc1.CSCC[C@H](N)C(=O)O.C[C@@H](OC(=O)[C@@H]1CCCN1)[C@H](N)C(=O)O.C[C@H](N)C(=O)O.NC(=O)CC[C@H](N)C(=O)O.NCCCC[C@H](N)C(=O)O.N[C@@H](CCC(=O)O)C(=O)O.N[C@@H](Cc1cnc[nH]1)C(=O)O. The monoisotopic (exact) mass is 1880 g/mol. The molecule has 43 N–H and O–H groups in total. The fourth-order valence-electron chi connectivity index (χ4n) is 8.32. The lowest BCUT2D eigenvalue weighted by molar-refractivity contribution is -0.163. The predicted octanol–water partition coefficient (Wildman–Crippen LogP) is -4.74. The van der Waals surface area contributed by atoms with Crippen molar-refractivity contribution in [3.05, 3.63) is 83.9 Å². The van der Waals surface area contributed by atoms with Gasteiger partial charge in [0, 0.05) is 31.2 Å². The number of ether oxygens (including phenoxy) is 5. The van der Waals surface area contributed by atoms with Gasteiger partial charge in [-0.1, -0.05) is 96.8 Å². The van der Waals surface area contributed by atoms with Crippen LogP contribution in [0.3, 0.4) is 0 Å². The van der Waals surface area contributed by atoms with Gasteiger partial charge >= 0.3 is 95.5 Å². The number of benzene rings is 2. The van der Waals surface area contributed by atoms with E-state index in [4.69, 9.17) is 152 Å². The zero-order valence-corrected chi connectivity index (χ0v) is 75.3. The lowest BCUT2D eigenvalue weighted by atomic mass is 10.0. The Morgan fingerprint density at radius 1 is 0.500 bits per heavy atom. The van der Waals surface area contributed by atoms with Crippen molar-refractivity contribution in [3.8, 4) is 5.75 Å². The van der Waals surface area contributed by atoms with Crippen molar-refractivity contribution < 1.29 is 151 Å². The molecule has 130 heavy (non-hydrogen) atoms. The standard InChI is InChI=1S/C17H25N3O5.C14H20N2O3.C9H16N2O4.C9H18N2O4.C6H9N3O2.C6H14N2O2.C5H10N2O3.C5H9NO4.C5H11NO2S.C3H7NO2/c1-3-10(2)15(20)17(23)25-16(22)13(19)8-11-4-6-12(7-5-11)24-14(21)9-18;1-9(2)12(16)14(18)19-13(17)11(15)8-10-6-4-3-5-7-10;1-5(7(10)8(12)13)15-9(14)6-3-2-4-11-6;1-5(2)3-6(10)9(14)15-4-7(11)8(12)13;7-5(6(10)11)1-4-2-8-3-9-4;7-4-2-1-3-5(8)6(9)10;2*6-3(5(9)10)1-2-4(7)8;1-9-3-2-4(6)5(7)8;1-2(4)3(5)6/h4-7,10,13,15H,3,8-9,18-20H2,1-2H3;3-7,9,11-12H,8,15-16H2,1-2H3;5-7,11H,2-4,10H2,1H3,(H,12,13);5-7H,3-4,10-11H2,1-2H3,(H,12,13);2-3,5H,1,7H2,(H,8,9)(H,10,11);5H,1-4,7-8H2,(H,9,10);3H,1-2,6H2,(H2,7,8)(H,9,10);3H,1-2,6H2,(H,7,8)(H,9,10);4H,2-3,6H2,1H3,(H,7,8);2H,4H2,1H3,(H,5,6)/t10-,13-,15-;11-,12-;5-,6+,7+;6-,7-;2*5-;2*3-;4-;2-/m0010000000/s1. The minimum absolute atomic E-state index is 0.0213. The molecule has 742 valence electrons. The van der Waals surface area contributed by atoms with Gasteiger partial charge in [0.15, 0.2) is 0 Å². The molecule has 1 aliphatic rings. The maximum absolute atomic E-state index is 11.9. The number of thioether (sulfide) groups is 1. The summed E-state index contributed by atoms with van der Waals surface area (Å²) >= 11 is 1.60. The topological polar surface area (TPSA) is 975 Å². The molecule has 1 saturated heterocycles. The fraction of sp³-hybridized carbons (Fsp3) is 0.595. The predicted molar refractivity (Wildman–Crippen MR) is 472 cm³/mol. The third-order valence-corrected chi connectivity index (χ3v) is 17.4. The number of carboxylic acid groups (broad SMARTS) is 9. The van der Waals surface area contributed by atoms with Crippen molar-refractivity contribution in [3.63, 3.8) is 0 Å². The molecule has 0 unspecified atom stereocenters. The van der Waals surface area contributed by atoms with E-state index >= 15 is 0 Å². The lowest BCUT2D eigenvalue weighted by Crippen LogP contribution is -2.45. The van der Waals surface area contributed by atoms with Crippen molar-refractivity contribution in [1.29, 1.82) is 0 Å². The second-order valence-corrected chi connectivity index (χ2v) is 30.2. The van der Waals surface area contributed by atoms with E-state index in [1.54, 1.807) is 63.0 Å². The number of aliphatic carboxylic acids is 9. The number of carbonyl (C=O) groups is 17. The number of esters is 7. The van der Waals surface area contributed by atoms with Gasteiger partial charge in [0.2, 0.25) is 5.91 Å². The van der Waals surface area contributed by atoms with Crippen LogP contribution < -0.4 is 102 Å². The molecule has 0 radical (unpaired) electrons. The second kappa shape index (κ2) is 75.6. The summed E-state index contributed by atoms with van der Waals surface area (Å²) < 4.78 is 24.0. The van der Waals surface area contributed by atoms with Crippen LogP contribution in [0.2, 0.25) is 0 Å². The molecule has 4 rings (SSSR count). The van der Waals surface area contributed by atoms with Gasteiger partial charge in [-0.15, -0.1) is 0 Å². The lowest BCUT2D eigenvalue weighted by Gasteiger charge is -2.19. The number of unbranched alkanes of at least 4 members (excludes halogenated alkanes) is 1. The maximum Gasteiger partial charge on any atom is 0.330 e. The fourth-order valence-corrected chi connectivity index (χ4v) is 8.81. The van der Waals surface area contributed by atoms with Gasteiger partial charge < -0.3 is 172 Å². The summed E-state index contributed by atoms with van der Waals surface area (Å²) in [6, 6.07) is 3.75. The molecule has 3 aromatic rings. The zero-order chi connectivity index (χ0) is 102. The van der Waals surface area contributed by atoms with Crippen molar-refractivity contribution in [2.24, 2.45) is 109 Å². The van der Waals surface area contributed by atoms with Crippen molar-refractivity contribution in [2.75, 3.05) is 38.2 Å². The number of H-pyrrole nitrogens is 1. The molecule has 1 aromatic heterocycles. The number of aromatic amines is 1. The molecular formula is C79H139N19O31S. The van der Waals surface area contributed by atoms with Crippen LogP contribution in [0.25, 0.3) is 0 Å². The summed E-state index contributed by atoms with van der Waals surface area (Å²) in [5, 5.41) is 77.4. The van der Waals surface area contributed by atoms with Crippen molar-refractivity contribution in [1.82, 2.24) is 15.3 Å². The Hall–Kier alpha value is -11.2. The summed E-state index contributed by atoms with van der Waals surface area (Å²) in [6.07, 6.45) is 10.4. The normalized spacial score (nSPS) is 14.9. The Labute approximate surface area is 756 Å². The molecule has 2 aromatic carbocycles. The second-order valence-electron chi connectivity index (χ2n) is 29.2. The van der Waals surface area contributed by atoms with Gasteiger partial charge in [-0.3, -0.25) is 62.3 Å². The largest absolute Gasteiger partial charge is 0.481 e. The molecule has 2 heterocycles. The molecule has 16 atom stereocenters.